The molecule has 0 spiro atoms. The van der Waals surface area contributed by atoms with Gasteiger partial charge in [-0.25, -0.2) is 0 Å². The third-order valence-corrected chi connectivity index (χ3v) is 7.93. The van der Waals surface area contributed by atoms with Gasteiger partial charge in [-0.2, -0.15) is 13.2 Å². The SMILES string of the molecule is CC(C)(c1ccc(C(F)(F)F)nc1)N1CC[C@@](CCc2cccs2)(C2CCCO2)C1. The van der Waals surface area contributed by atoms with Gasteiger partial charge in [0, 0.05) is 35.2 Å². The Morgan fingerprint density at radius 1 is 1.27 bits per heavy atom. The molecule has 1 unspecified atom stereocenters. The Hall–Kier alpha value is -1.44. The number of aryl methyl sites for hydroxylation is 1. The van der Waals surface area contributed by atoms with Crippen LogP contribution >= 0.6 is 11.3 Å². The number of aromatic nitrogens is 1. The highest BCUT2D eigenvalue weighted by atomic mass is 32.1. The van der Waals surface area contributed by atoms with E-state index in [1.54, 1.807) is 17.4 Å². The second-order valence-electron chi connectivity index (χ2n) is 9.10. The topological polar surface area (TPSA) is 25.4 Å². The molecular weight excluding hydrogens is 409 g/mol. The van der Waals surface area contributed by atoms with Gasteiger partial charge in [-0.1, -0.05) is 12.1 Å². The lowest BCUT2D eigenvalue weighted by molar-refractivity contribution is -0.141. The van der Waals surface area contributed by atoms with Crippen molar-refractivity contribution in [2.24, 2.45) is 5.41 Å². The van der Waals surface area contributed by atoms with Crippen LogP contribution in [0.25, 0.3) is 0 Å². The molecule has 2 aromatic heterocycles. The molecular formula is C23H29F3N2OS. The number of likely N-dealkylation sites (tertiary alicyclic amines) is 1. The van der Waals surface area contributed by atoms with Gasteiger partial charge in [0.1, 0.15) is 5.69 Å². The fraction of sp³-hybridized carbons (Fsp3) is 0.609. The highest BCUT2D eigenvalue weighted by Crippen LogP contribution is 2.47. The lowest BCUT2D eigenvalue weighted by Gasteiger charge is -2.40. The minimum Gasteiger partial charge on any atom is -0.378 e. The fourth-order valence-electron chi connectivity index (χ4n) is 4.99. The largest absolute Gasteiger partial charge is 0.433 e. The van der Waals surface area contributed by atoms with Gasteiger partial charge in [-0.05, 0) is 75.6 Å². The smallest absolute Gasteiger partial charge is 0.378 e. The molecule has 2 saturated heterocycles. The highest BCUT2D eigenvalue weighted by Gasteiger charge is 2.49. The Morgan fingerprint density at radius 2 is 2.10 bits per heavy atom. The van der Waals surface area contributed by atoms with E-state index < -0.39 is 11.9 Å². The van der Waals surface area contributed by atoms with Crippen molar-refractivity contribution in [1.29, 1.82) is 0 Å². The molecule has 0 aromatic carbocycles. The van der Waals surface area contributed by atoms with Crippen LogP contribution in [0.4, 0.5) is 13.2 Å². The molecule has 4 rings (SSSR count). The summed E-state index contributed by atoms with van der Waals surface area (Å²) in [5, 5.41) is 2.12. The molecule has 0 radical (unpaired) electrons. The van der Waals surface area contributed by atoms with Crippen LogP contribution in [-0.2, 0) is 22.9 Å². The quantitative estimate of drug-likeness (QED) is 0.561. The first kappa shape index (κ1) is 21.8. The van der Waals surface area contributed by atoms with E-state index >= 15 is 0 Å². The summed E-state index contributed by atoms with van der Waals surface area (Å²) in [6.45, 7) is 6.82. The van der Waals surface area contributed by atoms with Gasteiger partial charge in [0.05, 0.1) is 6.10 Å². The average Bonchev–Trinajstić information content (AvgIpc) is 3.48. The molecule has 0 aliphatic carbocycles. The molecule has 0 amide bonds. The van der Waals surface area contributed by atoms with E-state index in [2.05, 4.69) is 41.2 Å². The number of hydrogen-bond acceptors (Lipinski definition) is 4. The van der Waals surface area contributed by atoms with E-state index in [9.17, 15) is 13.2 Å². The third-order valence-electron chi connectivity index (χ3n) is 7.00. The first-order valence-electron chi connectivity index (χ1n) is 10.6. The summed E-state index contributed by atoms with van der Waals surface area (Å²) in [7, 11) is 0. The van der Waals surface area contributed by atoms with Crippen LogP contribution in [-0.4, -0.2) is 35.7 Å². The molecule has 30 heavy (non-hydrogen) atoms. The van der Waals surface area contributed by atoms with Crippen LogP contribution in [0.15, 0.2) is 35.8 Å². The minimum absolute atomic E-state index is 0.0943. The predicted octanol–water partition coefficient (Wildman–Crippen LogP) is 5.90. The summed E-state index contributed by atoms with van der Waals surface area (Å²) in [4.78, 5) is 7.51. The van der Waals surface area contributed by atoms with Gasteiger partial charge in [0.15, 0.2) is 0 Å². The first-order chi connectivity index (χ1) is 14.2. The van der Waals surface area contributed by atoms with Crippen LogP contribution in [0, 0.1) is 5.41 Å². The molecule has 0 bridgehead atoms. The number of thiophene rings is 1. The van der Waals surface area contributed by atoms with Gasteiger partial charge in [0.2, 0.25) is 0 Å². The maximum Gasteiger partial charge on any atom is 0.433 e. The normalized spacial score (nSPS) is 25.8. The molecule has 7 heteroatoms. The van der Waals surface area contributed by atoms with Gasteiger partial charge in [-0.3, -0.25) is 9.88 Å². The summed E-state index contributed by atoms with van der Waals surface area (Å²) < 4.78 is 44.9. The molecule has 2 aliphatic heterocycles. The molecule has 2 fully saturated rings. The number of alkyl halides is 3. The summed E-state index contributed by atoms with van der Waals surface area (Å²) in [6, 6.07) is 6.96. The van der Waals surface area contributed by atoms with E-state index in [1.165, 1.54) is 11.1 Å². The van der Waals surface area contributed by atoms with Gasteiger partial charge in [0.25, 0.3) is 0 Å². The van der Waals surface area contributed by atoms with E-state index in [0.717, 1.165) is 63.4 Å². The van der Waals surface area contributed by atoms with E-state index in [-0.39, 0.29) is 17.1 Å². The lowest BCUT2D eigenvalue weighted by Crippen LogP contribution is -2.44. The van der Waals surface area contributed by atoms with Crippen molar-refractivity contribution in [3.63, 3.8) is 0 Å². The maximum atomic E-state index is 12.9. The van der Waals surface area contributed by atoms with Crippen LogP contribution < -0.4 is 0 Å². The van der Waals surface area contributed by atoms with Gasteiger partial charge < -0.3 is 4.74 Å². The maximum absolute atomic E-state index is 12.9. The molecule has 3 nitrogen and oxygen atoms in total. The van der Waals surface area contributed by atoms with Gasteiger partial charge in [-0.15, -0.1) is 11.3 Å². The fourth-order valence-corrected chi connectivity index (χ4v) is 5.70. The Kier molecular flexibility index (Phi) is 5.99. The van der Waals surface area contributed by atoms with Crippen LogP contribution in [0.5, 0.6) is 0 Å². The molecule has 2 aromatic rings. The standard InChI is InChI=1S/C23H29F3N2OS/c1-21(2,17-7-8-19(27-15-17)23(24,25)26)28-12-11-22(16-28,20-6-3-13-29-20)10-9-18-5-4-14-30-18/h4-5,7-8,14-15,20H,3,6,9-13,16H2,1-2H3/t20?,22-/m1/s1. The highest BCUT2D eigenvalue weighted by molar-refractivity contribution is 7.09. The first-order valence-corrected chi connectivity index (χ1v) is 11.5. The van der Waals surface area contributed by atoms with Crippen molar-refractivity contribution in [3.8, 4) is 0 Å². The van der Waals surface area contributed by atoms with Gasteiger partial charge >= 0.3 is 6.18 Å². The van der Waals surface area contributed by atoms with Crippen molar-refractivity contribution in [2.75, 3.05) is 19.7 Å². The second-order valence-corrected chi connectivity index (χ2v) is 10.1. The zero-order valence-electron chi connectivity index (χ0n) is 17.5. The van der Waals surface area contributed by atoms with Crippen molar-refractivity contribution < 1.29 is 17.9 Å². The summed E-state index contributed by atoms with van der Waals surface area (Å²) in [5.41, 5.74) is -0.317. The number of hydrogen-bond donors (Lipinski definition) is 0. The van der Waals surface area contributed by atoms with Crippen molar-refractivity contribution in [3.05, 3.63) is 52.0 Å². The zero-order chi connectivity index (χ0) is 21.4. The number of nitrogens with zero attached hydrogens (tertiary/aromatic N) is 2. The minimum atomic E-state index is -4.41. The number of rotatable bonds is 6. The summed E-state index contributed by atoms with van der Waals surface area (Å²) in [5.74, 6) is 0. The molecule has 0 N–H and O–H groups in total. The van der Waals surface area contributed by atoms with Crippen LogP contribution in [0.2, 0.25) is 0 Å². The molecule has 164 valence electrons. The predicted molar refractivity (Wildman–Crippen MR) is 113 cm³/mol. The van der Waals surface area contributed by atoms with Crippen molar-refractivity contribution >= 4 is 11.3 Å². The van der Waals surface area contributed by atoms with Crippen molar-refractivity contribution in [1.82, 2.24) is 9.88 Å². The Morgan fingerprint density at radius 3 is 2.70 bits per heavy atom. The van der Waals surface area contributed by atoms with Crippen LogP contribution in [0.1, 0.15) is 55.7 Å². The Labute approximate surface area is 180 Å². The molecule has 0 saturated carbocycles. The van der Waals surface area contributed by atoms with E-state index in [1.807, 2.05) is 0 Å². The van der Waals surface area contributed by atoms with Crippen LogP contribution in [0.3, 0.4) is 0 Å². The van der Waals surface area contributed by atoms with E-state index in [0.29, 0.717) is 0 Å². The Bertz CT molecular complexity index is 829. The third kappa shape index (κ3) is 4.30. The van der Waals surface area contributed by atoms with E-state index in [4.69, 9.17) is 4.74 Å². The molecule has 2 aliphatic rings. The number of pyridine rings is 1. The van der Waals surface area contributed by atoms with Crippen molar-refractivity contribution in [2.45, 2.75) is 63.8 Å². The lowest BCUT2D eigenvalue weighted by atomic mass is 9.75. The zero-order valence-corrected chi connectivity index (χ0v) is 18.4. The Balaban J connectivity index is 1.53. The molecule has 4 heterocycles. The molecule has 2 atom stereocenters. The second kappa shape index (κ2) is 8.24. The average molecular weight is 439 g/mol. The number of halogens is 3. The monoisotopic (exact) mass is 438 g/mol. The summed E-state index contributed by atoms with van der Waals surface area (Å²) in [6.07, 6.45) is 2.64. The number of ether oxygens (including phenoxy) is 1. The summed E-state index contributed by atoms with van der Waals surface area (Å²) >= 11 is 1.80.